The summed E-state index contributed by atoms with van der Waals surface area (Å²) < 4.78 is 42.8. The van der Waals surface area contributed by atoms with E-state index in [2.05, 4.69) is 9.71 Å². The Morgan fingerprint density at radius 2 is 1.58 bits per heavy atom. The lowest BCUT2D eigenvalue weighted by atomic mass is 9.92. The number of halogens is 1. The second kappa shape index (κ2) is 7.92. The van der Waals surface area contributed by atoms with Crippen LogP contribution in [0.4, 0.5) is 10.1 Å². The molecule has 0 radical (unpaired) electrons. The summed E-state index contributed by atoms with van der Waals surface area (Å²) in [7, 11) is -4.11. The van der Waals surface area contributed by atoms with Crippen LogP contribution in [0.1, 0.15) is 27.0 Å². The molecule has 156 valence electrons. The van der Waals surface area contributed by atoms with Gasteiger partial charge >= 0.3 is 0 Å². The van der Waals surface area contributed by atoms with Gasteiger partial charge in [-0.3, -0.25) is 4.79 Å². The van der Waals surface area contributed by atoms with E-state index in [9.17, 15) is 17.6 Å². The van der Waals surface area contributed by atoms with Gasteiger partial charge in [0.1, 0.15) is 5.82 Å². The molecular weight excluding hydrogens is 415 g/mol. The molecule has 0 saturated heterocycles. The van der Waals surface area contributed by atoms with E-state index >= 15 is 0 Å². The van der Waals surface area contributed by atoms with Gasteiger partial charge in [-0.15, -0.1) is 0 Å². The number of anilines is 1. The molecule has 0 heterocycles. The number of rotatable bonds is 4. The quantitative estimate of drug-likeness (QED) is 0.639. The lowest BCUT2D eigenvalue weighted by molar-refractivity contribution is 0.103. The molecule has 0 fully saturated rings. The molecule has 0 saturated carbocycles. The van der Waals surface area contributed by atoms with E-state index in [1.807, 2.05) is 32.0 Å². The fraction of sp³-hybridized carbons (Fsp3) is 0.0833. The number of carbonyl (C=O) groups excluding carboxylic acids is 1. The number of carbonyl (C=O) groups is 1. The van der Waals surface area contributed by atoms with Crippen LogP contribution in [-0.2, 0) is 10.0 Å². The van der Waals surface area contributed by atoms with Crippen LogP contribution in [0.2, 0.25) is 0 Å². The van der Waals surface area contributed by atoms with Crippen molar-refractivity contribution in [3.8, 4) is 0 Å². The predicted octanol–water partition coefficient (Wildman–Crippen LogP) is 4.81. The molecule has 5 nitrogen and oxygen atoms in total. The van der Waals surface area contributed by atoms with Crippen LogP contribution >= 0.6 is 0 Å². The van der Waals surface area contributed by atoms with Gasteiger partial charge in [-0.2, -0.15) is 12.8 Å². The van der Waals surface area contributed by atoms with Gasteiger partial charge in [0.2, 0.25) is 5.78 Å². The molecular formula is C24H19FN2O3S. The van der Waals surface area contributed by atoms with E-state index in [4.69, 9.17) is 0 Å². The van der Waals surface area contributed by atoms with E-state index < -0.39 is 15.8 Å². The first-order valence-corrected chi connectivity index (χ1v) is 11.0. The number of nitrogens with zero attached hydrogens (tertiary/aromatic N) is 1. The van der Waals surface area contributed by atoms with Gasteiger partial charge in [0.25, 0.3) is 10.0 Å². The maximum absolute atomic E-state index is 13.2. The predicted molar refractivity (Wildman–Crippen MR) is 119 cm³/mol. The molecule has 0 aromatic heterocycles. The number of sulfonamides is 1. The van der Waals surface area contributed by atoms with Gasteiger partial charge in [-0.05, 0) is 55.8 Å². The third-order valence-electron chi connectivity index (χ3n) is 4.95. The second-order valence-corrected chi connectivity index (χ2v) is 8.89. The fourth-order valence-electron chi connectivity index (χ4n) is 3.39. The smallest absolute Gasteiger partial charge is 0.282 e. The molecule has 0 bridgehead atoms. The molecule has 1 N–H and O–H groups in total. The monoisotopic (exact) mass is 434 g/mol. The fourth-order valence-corrected chi connectivity index (χ4v) is 4.38. The van der Waals surface area contributed by atoms with Crippen LogP contribution in [0.25, 0.3) is 0 Å². The summed E-state index contributed by atoms with van der Waals surface area (Å²) in [6.07, 6.45) is 1.44. The molecule has 7 heteroatoms. The Labute approximate surface area is 180 Å². The van der Waals surface area contributed by atoms with Crippen LogP contribution in [0.5, 0.6) is 0 Å². The van der Waals surface area contributed by atoms with Crippen LogP contribution in [0.3, 0.4) is 0 Å². The van der Waals surface area contributed by atoms with Crippen LogP contribution < -0.4 is 5.32 Å². The largest absolute Gasteiger partial charge is 0.352 e. The standard InChI is InChI=1S/C24H19FN2O3S/c1-15-7-12-21(16(2)13-15)26-23-14-22(19-5-3-4-6-20(19)24(23)28)27-31(29,30)18-10-8-17(25)9-11-18/h3-14,26H,1-2H3. The second-order valence-electron chi connectivity index (χ2n) is 7.28. The van der Waals surface area contributed by atoms with Crippen molar-refractivity contribution in [3.05, 3.63) is 107 Å². The molecule has 0 unspecified atom stereocenters. The summed E-state index contributed by atoms with van der Waals surface area (Å²) in [6, 6.07) is 16.9. The number of Topliss-reactive ketones (excluding diaryl/α,β-unsaturated/α-hetero) is 1. The van der Waals surface area contributed by atoms with Crippen LogP contribution in [0.15, 0.2) is 87.8 Å². The molecule has 4 rings (SSSR count). The van der Waals surface area contributed by atoms with E-state index in [0.717, 1.165) is 41.1 Å². The van der Waals surface area contributed by atoms with Crippen molar-refractivity contribution in [2.75, 3.05) is 5.32 Å². The third-order valence-corrected chi connectivity index (χ3v) is 6.26. The summed E-state index contributed by atoms with van der Waals surface area (Å²) in [4.78, 5) is 12.9. The Morgan fingerprint density at radius 3 is 2.26 bits per heavy atom. The molecule has 0 amide bonds. The number of allylic oxidation sites excluding steroid dienone is 2. The Kier molecular flexibility index (Phi) is 5.29. The van der Waals surface area contributed by atoms with Gasteiger partial charge in [-0.25, -0.2) is 4.39 Å². The van der Waals surface area contributed by atoms with Gasteiger partial charge in [0.05, 0.1) is 16.3 Å². The number of nitrogens with one attached hydrogen (secondary N) is 1. The van der Waals surface area contributed by atoms with E-state index in [1.165, 1.54) is 6.08 Å². The zero-order chi connectivity index (χ0) is 22.2. The molecule has 0 aliphatic heterocycles. The van der Waals surface area contributed by atoms with Crippen molar-refractivity contribution < 1.29 is 17.6 Å². The minimum absolute atomic E-state index is 0.131. The summed E-state index contributed by atoms with van der Waals surface area (Å²) in [5, 5.41) is 3.12. The number of hydrogen-bond acceptors (Lipinski definition) is 4. The summed E-state index contributed by atoms with van der Waals surface area (Å²) >= 11 is 0. The number of ketones is 1. The van der Waals surface area contributed by atoms with Gasteiger partial charge < -0.3 is 5.32 Å². The summed E-state index contributed by atoms with van der Waals surface area (Å²) in [6.45, 7) is 3.90. The lowest BCUT2D eigenvalue weighted by Crippen LogP contribution is -2.23. The highest BCUT2D eigenvalue weighted by Crippen LogP contribution is 2.26. The Bertz CT molecular complexity index is 1360. The molecule has 1 aliphatic rings. The van der Waals surface area contributed by atoms with E-state index in [-0.39, 0.29) is 22.1 Å². The number of hydrogen-bond donors (Lipinski definition) is 1. The molecule has 3 aromatic carbocycles. The van der Waals surface area contributed by atoms with Gasteiger partial charge in [-0.1, -0.05) is 42.0 Å². The normalized spacial score (nSPS) is 14.9. The molecule has 0 spiro atoms. The average Bonchev–Trinajstić information content (AvgIpc) is 2.73. The Balaban J connectivity index is 1.82. The van der Waals surface area contributed by atoms with Crippen molar-refractivity contribution in [2.24, 2.45) is 4.40 Å². The average molecular weight is 434 g/mol. The highest BCUT2D eigenvalue weighted by molar-refractivity contribution is 7.90. The van der Waals surface area contributed by atoms with Gasteiger partial charge in [0, 0.05) is 16.8 Å². The zero-order valence-corrected chi connectivity index (χ0v) is 17.7. The molecule has 31 heavy (non-hydrogen) atoms. The third kappa shape index (κ3) is 4.18. The first-order valence-electron chi connectivity index (χ1n) is 9.55. The number of aryl methyl sites for hydroxylation is 2. The molecule has 1 aliphatic carbocycles. The maximum atomic E-state index is 13.2. The zero-order valence-electron chi connectivity index (χ0n) is 16.9. The van der Waals surface area contributed by atoms with Crippen molar-refractivity contribution in [1.29, 1.82) is 0 Å². The van der Waals surface area contributed by atoms with Crippen molar-refractivity contribution in [1.82, 2.24) is 0 Å². The van der Waals surface area contributed by atoms with E-state index in [0.29, 0.717) is 11.1 Å². The van der Waals surface area contributed by atoms with Crippen LogP contribution in [-0.4, -0.2) is 19.9 Å². The highest BCUT2D eigenvalue weighted by atomic mass is 32.2. The maximum Gasteiger partial charge on any atom is 0.282 e. The summed E-state index contributed by atoms with van der Waals surface area (Å²) in [5.74, 6) is -0.797. The number of benzene rings is 3. The SMILES string of the molecule is Cc1ccc(NC2=CC(=NS(=O)(=O)c3ccc(F)cc3)c3ccccc3C2=O)c(C)c1. The van der Waals surface area contributed by atoms with E-state index in [1.54, 1.807) is 24.3 Å². The minimum Gasteiger partial charge on any atom is -0.352 e. The van der Waals surface area contributed by atoms with Gasteiger partial charge in [0.15, 0.2) is 0 Å². The van der Waals surface area contributed by atoms with Crippen molar-refractivity contribution in [2.45, 2.75) is 18.7 Å². The first kappa shape index (κ1) is 20.7. The topological polar surface area (TPSA) is 75.6 Å². The molecule has 3 aromatic rings. The Hall–Kier alpha value is -3.58. The minimum atomic E-state index is -4.11. The van der Waals surface area contributed by atoms with Crippen molar-refractivity contribution in [3.63, 3.8) is 0 Å². The highest BCUT2D eigenvalue weighted by Gasteiger charge is 2.26. The number of fused-ring (bicyclic) bond motifs is 1. The molecule has 0 atom stereocenters. The first-order chi connectivity index (χ1) is 14.7. The Morgan fingerprint density at radius 1 is 0.903 bits per heavy atom. The van der Waals surface area contributed by atoms with Crippen molar-refractivity contribution >= 4 is 27.2 Å². The van der Waals surface area contributed by atoms with Crippen LogP contribution in [0, 0.1) is 19.7 Å². The lowest BCUT2D eigenvalue weighted by Gasteiger charge is -2.19. The summed E-state index contributed by atoms with van der Waals surface area (Å²) in [5.41, 5.74) is 3.90.